The fraction of sp³-hybridized carbons (Fsp3) is 0. The minimum Gasteiger partial charge on any atom is -0.456 e. The van der Waals surface area contributed by atoms with Crippen molar-refractivity contribution in [3.63, 3.8) is 0 Å². The summed E-state index contributed by atoms with van der Waals surface area (Å²) in [6.45, 7) is 0. The summed E-state index contributed by atoms with van der Waals surface area (Å²) in [7, 11) is 0. The SMILES string of the molecule is c1ccc(-c2ccc3ccc4ccc(-c5ccc6oc7cccc(-c8cccc9cnccc89)c7c6c5)nc4c3n2)cc1. The van der Waals surface area contributed by atoms with E-state index < -0.39 is 0 Å². The van der Waals surface area contributed by atoms with Crippen LogP contribution >= 0.6 is 0 Å². The predicted molar refractivity (Wildman–Crippen MR) is 176 cm³/mol. The average molecular weight is 550 g/mol. The molecule has 0 unspecified atom stereocenters. The van der Waals surface area contributed by atoms with Gasteiger partial charge in [0.2, 0.25) is 0 Å². The summed E-state index contributed by atoms with van der Waals surface area (Å²) >= 11 is 0. The Morgan fingerprint density at radius 1 is 0.465 bits per heavy atom. The first kappa shape index (κ1) is 23.8. The Bertz CT molecular complexity index is 2510. The minimum atomic E-state index is 0.855. The van der Waals surface area contributed by atoms with Crippen LogP contribution in [0.3, 0.4) is 0 Å². The Hall–Kier alpha value is -5.87. The molecular weight excluding hydrogens is 526 g/mol. The van der Waals surface area contributed by atoms with Crippen LogP contribution < -0.4 is 0 Å². The molecule has 4 aromatic heterocycles. The van der Waals surface area contributed by atoms with Gasteiger partial charge in [0.1, 0.15) is 11.2 Å². The van der Waals surface area contributed by atoms with Crippen molar-refractivity contribution in [3.05, 3.63) is 140 Å². The number of nitrogens with zero attached hydrogens (tertiary/aromatic N) is 3. The molecule has 0 saturated carbocycles. The lowest BCUT2D eigenvalue weighted by molar-refractivity contribution is 0.669. The molecule has 0 saturated heterocycles. The molecule has 0 amide bonds. The van der Waals surface area contributed by atoms with Crippen molar-refractivity contribution in [1.29, 1.82) is 0 Å². The summed E-state index contributed by atoms with van der Waals surface area (Å²) < 4.78 is 6.36. The van der Waals surface area contributed by atoms with Gasteiger partial charge in [0.15, 0.2) is 0 Å². The standard InChI is InChI=1S/C39H23N3O/c1-2-6-24(7-3-1)33-17-14-25-12-13-26-15-18-34(42-39(26)38(25)41-33)27-16-19-35-32(22-27)37-31(10-5-11-36(37)43-35)30-9-4-8-28-23-40-21-20-29(28)30/h1-23H. The third-order valence-electron chi connectivity index (χ3n) is 8.35. The molecule has 0 spiro atoms. The molecule has 0 aliphatic heterocycles. The summed E-state index contributed by atoms with van der Waals surface area (Å²) in [6, 6.07) is 44.1. The second-order valence-corrected chi connectivity index (χ2v) is 10.9. The third-order valence-corrected chi connectivity index (χ3v) is 8.35. The molecule has 200 valence electrons. The molecule has 43 heavy (non-hydrogen) atoms. The van der Waals surface area contributed by atoms with Gasteiger partial charge in [0.05, 0.1) is 22.4 Å². The highest BCUT2D eigenvalue weighted by Crippen LogP contribution is 2.40. The molecule has 0 radical (unpaired) electrons. The molecule has 4 heteroatoms. The Kier molecular flexibility index (Phi) is 5.16. The van der Waals surface area contributed by atoms with E-state index in [1.165, 1.54) is 5.39 Å². The smallest absolute Gasteiger partial charge is 0.136 e. The van der Waals surface area contributed by atoms with Gasteiger partial charge in [0.25, 0.3) is 0 Å². The van der Waals surface area contributed by atoms with E-state index >= 15 is 0 Å². The molecule has 0 aliphatic carbocycles. The van der Waals surface area contributed by atoms with Crippen molar-refractivity contribution in [1.82, 2.24) is 15.0 Å². The zero-order chi connectivity index (χ0) is 28.3. The Morgan fingerprint density at radius 3 is 2.00 bits per heavy atom. The van der Waals surface area contributed by atoms with Crippen LogP contribution in [-0.4, -0.2) is 15.0 Å². The number of furan rings is 1. The van der Waals surface area contributed by atoms with E-state index in [0.29, 0.717) is 0 Å². The first-order valence-electron chi connectivity index (χ1n) is 14.3. The van der Waals surface area contributed by atoms with E-state index in [4.69, 9.17) is 14.4 Å². The second kappa shape index (κ2) is 9.33. The van der Waals surface area contributed by atoms with Crippen LogP contribution in [0, 0.1) is 0 Å². The molecular formula is C39H23N3O. The van der Waals surface area contributed by atoms with Crippen LogP contribution in [0.15, 0.2) is 144 Å². The Morgan fingerprint density at radius 2 is 1.19 bits per heavy atom. The van der Waals surface area contributed by atoms with Gasteiger partial charge in [-0.2, -0.15) is 0 Å². The number of pyridine rings is 3. The maximum Gasteiger partial charge on any atom is 0.136 e. The van der Waals surface area contributed by atoms with Gasteiger partial charge < -0.3 is 4.42 Å². The molecule has 4 heterocycles. The van der Waals surface area contributed by atoms with Crippen molar-refractivity contribution in [3.8, 4) is 33.6 Å². The summed E-state index contributed by atoms with van der Waals surface area (Å²) in [6.07, 6.45) is 3.77. The number of aromatic nitrogens is 3. The summed E-state index contributed by atoms with van der Waals surface area (Å²) in [4.78, 5) is 14.6. The van der Waals surface area contributed by atoms with Crippen LogP contribution in [0.2, 0.25) is 0 Å². The Labute approximate surface area is 246 Å². The van der Waals surface area contributed by atoms with Crippen LogP contribution in [0.25, 0.3) is 88.2 Å². The number of hydrogen-bond acceptors (Lipinski definition) is 4. The summed E-state index contributed by atoms with van der Waals surface area (Å²) in [5.41, 5.74) is 9.79. The number of hydrogen-bond donors (Lipinski definition) is 0. The number of benzene rings is 5. The fourth-order valence-electron chi connectivity index (χ4n) is 6.27. The molecule has 0 fully saturated rings. The summed E-state index contributed by atoms with van der Waals surface area (Å²) in [5, 5.41) is 6.59. The van der Waals surface area contributed by atoms with E-state index in [9.17, 15) is 0 Å². The highest BCUT2D eigenvalue weighted by molar-refractivity contribution is 6.16. The molecule has 9 aromatic rings. The zero-order valence-electron chi connectivity index (χ0n) is 23.0. The molecule has 0 aliphatic rings. The van der Waals surface area contributed by atoms with Gasteiger partial charge in [-0.25, -0.2) is 9.97 Å². The topological polar surface area (TPSA) is 51.8 Å². The van der Waals surface area contributed by atoms with Gasteiger partial charge in [-0.05, 0) is 59.0 Å². The zero-order valence-corrected chi connectivity index (χ0v) is 23.0. The van der Waals surface area contributed by atoms with E-state index in [-0.39, 0.29) is 0 Å². The van der Waals surface area contributed by atoms with Gasteiger partial charge in [-0.1, -0.05) is 84.9 Å². The normalized spacial score (nSPS) is 11.7. The number of rotatable bonds is 3. The van der Waals surface area contributed by atoms with Crippen molar-refractivity contribution >= 4 is 54.5 Å². The van der Waals surface area contributed by atoms with Gasteiger partial charge in [-0.15, -0.1) is 0 Å². The van der Waals surface area contributed by atoms with Gasteiger partial charge in [-0.3, -0.25) is 4.98 Å². The molecule has 0 N–H and O–H groups in total. The number of fused-ring (bicyclic) bond motifs is 7. The molecule has 9 rings (SSSR count). The average Bonchev–Trinajstić information content (AvgIpc) is 3.46. The monoisotopic (exact) mass is 549 g/mol. The fourth-order valence-corrected chi connectivity index (χ4v) is 6.27. The lowest BCUT2D eigenvalue weighted by atomic mass is 9.95. The third kappa shape index (κ3) is 3.81. The highest BCUT2D eigenvalue weighted by Gasteiger charge is 2.16. The van der Waals surface area contributed by atoms with Crippen molar-refractivity contribution in [2.75, 3.05) is 0 Å². The first-order chi connectivity index (χ1) is 21.3. The lowest BCUT2D eigenvalue weighted by Crippen LogP contribution is -1.91. The van der Waals surface area contributed by atoms with E-state index in [1.54, 1.807) is 0 Å². The molecule has 5 aromatic carbocycles. The maximum absolute atomic E-state index is 6.36. The van der Waals surface area contributed by atoms with Gasteiger partial charge in [0, 0.05) is 50.5 Å². The lowest BCUT2D eigenvalue weighted by Gasteiger charge is -2.09. The Balaban J connectivity index is 1.25. The van der Waals surface area contributed by atoms with E-state index in [1.807, 2.05) is 36.7 Å². The van der Waals surface area contributed by atoms with Crippen molar-refractivity contribution < 1.29 is 4.42 Å². The van der Waals surface area contributed by atoms with Crippen molar-refractivity contribution in [2.45, 2.75) is 0 Å². The largest absolute Gasteiger partial charge is 0.456 e. The first-order valence-corrected chi connectivity index (χ1v) is 14.3. The van der Waals surface area contributed by atoms with Crippen LogP contribution in [-0.2, 0) is 0 Å². The minimum absolute atomic E-state index is 0.855. The van der Waals surface area contributed by atoms with Gasteiger partial charge >= 0.3 is 0 Å². The van der Waals surface area contributed by atoms with Crippen LogP contribution in [0.4, 0.5) is 0 Å². The molecule has 0 bridgehead atoms. The second-order valence-electron chi connectivity index (χ2n) is 10.9. The maximum atomic E-state index is 6.36. The predicted octanol–water partition coefficient (Wildman–Crippen LogP) is 10.2. The quantitative estimate of drug-likeness (QED) is 0.206. The summed E-state index contributed by atoms with van der Waals surface area (Å²) in [5.74, 6) is 0. The molecule has 0 atom stereocenters. The highest BCUT2D eigenvalue weighted by atomic mass is 16.3. The molecule has 4 nitrogen and oxygen atoms in total. The van der Waals surface area contributed by atoms with E-state index in [0.717, 1.165) is 82.8 Å². The van der Waals surface area contributed by atoms with Crippen LogP contribution in [0.1, 0.15) is 0 Å². The van der Waals surface area contributed by atoms with Crippen LogP contribution in [0.5, 0.6) is 0 Å². The van der Waals surface area contributed by atoms with E-state index in [2.05, 4.69) is 108 Å². The van der Waals surface area contributed by atoms with Crippen molar-refractivity contribution in [2.24, 2.45) is 0 Å².